The van der Waals surface area contributed by atoms with Crippen molar-refractivity contribution in [2.24, 2.45) is 10.9 Å². The van der Waals surface area contributed by atoms with Crippen LogP contribution in [0, 0.1) is 5.92 Å². The molecule has 1 nitrogen and oxygen atoms in total. The van der Waals surface area contributed by atoms with E-state index in [1.807, 2.05) is 0 Å². The van der Waals surface area contributed by atoms with E-state index in [9.17, 15) is 0 Å². The van der Waals surface area contributed by atoms with E-state index in [4.69, 9.17) is 4.99 Å². The lowest BCUT2D eigenvalue weighted by atomic mass is 9.84. The number of para-hydroxylation sites is 1. The Bertz CT molecular complexity index is 3190. The molecule has 10 aromatic rings. The van der Waals surface area contributed by atoms with Gasteiger partial charge < -0.3 is 0 Å². The molecule has 1 aliphatic rings. The number of aryl methyl sites for hydroxylation is 1. The van der Waals surface area contributed by atoms with Crippen molar-refractivity contribution in [3.63, 3.8) is 0 Å². The van der Waals surface area contributed by atoms with Gasteiger partial charge in [-0.05, 0) is 137 Å². The van der Waals surface area contributed by atoms with Gasteiger partial charge in [0.05, 0.1) is 11.4 Å². The molecule has 1 heterocycles. The minimum Gasteiger partial charge on any atom is -0.252 e. The van der Waals surface area contributed by atoms with E-state index in [2.05, 4.69) is 206 Å². The maximum Gasteiger partial charge on any atom is 0.0665 e. The molecule has 0 aliphatic carbocycles. The normalized spacial score (nSPS) is 14.1. The van der Waals surface area contributed by atoms with Gasteiger partial charge in [-0.1, -0.05) is 182 Å². The monoisotopic (exact) mass is 739 g/mol. The summed E-state index contributed by atoms with van der Waals surface area (Å²) < 4.78 is 0. The van der Waals surface area contributed by atoms with E-state index in [-0.39, 0.29) is 0 Å². The molecule has 58 heavy (non-hydrogen) atoms. The molecule has 0 fully saturated rings. The molecule has 274 valence electrons. The first-order chi connectivity index (χ1) is 28.7. The highest BCUT2D eigenvalue weighted by atomic mass is 14.8. The molecule has 1 heteroatoms. The van der Waals surface area contributed by atoms with Crippen molar-refractivity contribution in [1.29, 1.82) is 0 Å². The number of nitrogens with zero attached hydrogens (tertiary/aromatic N) is 1. The van der Waals surface area contributed by atoms with Gasteiger partial charge in [0.2, 0.25) is 0 Å². The molecule has 11 rings (SSSR count). The first kappa shape index (κ1) is 34.2. The SMILES string of the molecule is c1ccc(CC2CCc3ccccc3N=C2c2ccc(-c3ccc4c(-c5ccc6ccccc6c5)c5ccccc5c(-c5ccc6ccccc6c5)c4c3)cc2)cc1. The number of benzene rings is 10. The second-order valence-corrected chi connectivity index (χ2v) is 15.8. The highest BCUT2D eigenvalue weighted by molar-refractivity contribution is 6.22. The molecule has 0 spiro atoms. The van der Waals surface area contributed by atoms with Crippen LogP contribution >= 0.6 is 0 Å². The molecule has 10 aromatic carbocycles. The summed E-state index contributed by atoms with van der Waals surface area (Å²) in [5, 5.41) is 10.0. The van der Waals surface area contributed by atoms with Crippen LogP contribution in [0.4, 0.5) is 5.69 Å². The van der Waals surface area contributed by atoms with Gasteiger partial charge in [0.25, 0.3) is 0 Å². The quantitative estimate of drug-likeness (QED) is 0.151. The molecular weight excluding hydrogens is 699 g/mol. The van der Waals surface area contributed by atoms with Crippen LogP contribution in [0.3, 0.4) is 0 Å². The zero-order chi connectivity index (χ0) is 38.4. The van der Waals surface area contributed by atoms with Crippen molar-refractivity contribution in [2.75, 3.05) is 0 Å². The summed E-state index contributed by atoms with van der Waals surface area (Å²) in [6, 6.07) is 76.1. The fraction of sp³-hybridized carbons (Fsp3) is 0.0702. The average Bonchev–Trinajstić information content (AvgIpc) is 3.47. The topological polar surface area (TPSA) is 12.4 Å². The molecule has 1 atom stereocenters. The van der Waals surface area contributed by atoms with E-state index in [0.717, 1.165) is 24.9 Å². The van der Waals surface area contributed by atoms with Crippen molar-refractivity contribution in [2.45, 2.75) is 19.3 Å². The summed E-state index contributed by atoms with van der Waals surface area (Å²) >= 11 is 0. The summed E-state index contributed by atoms with van der Waals surface area (Å²) in [5.41, 5.74) is 13.6. The van der Waals surface area contributed by atoms with Gasteiger partial charge in [-0.2, -0.15) is 0 Å². The first-order valence-corrected chi connectivity index (χ1v) is 20.5. The lowest BCUT2D eigenvalue weighted by molar-refractivity contribution is 0.628. The van der Waals surface area contributed by atoms with Crippen LogP contribution in [0.15, 0.2) is 211 Å². The highest BCUT2D eigenvalue weighted by Crippen LogP contribution is 2.46. The van der Waals surface area contributed by atoms with Crippen molar-refractivity contribution >= 4 is 54.5 Å². The largest absolute Gasteiger partial charge is 0.252 e. The lowest BCUT2D eigenvalue weighted by Crippen LogP contribution is -2.18. The van der Waals surface area contributed by atoms with Gasteiger partial charge in [0.1, 0.15) is 0 Å². The van der Waals surface area contributed by atoms with Crippen molar-refractivity contribution in [3.8, 4) is 33.4 Å². The minimum absolute atomic E-state index is 0.327. The van der Waals surface area contributed by atoms with Crippen LogP contribution in [0.1, 0.15) is 23.1 Å². The smallest absolute Gasteiger partial charge is 0.0665 e. The summed E-state index contributed by atoms with van der Waals surface area (Å²) in [5.74, 6) is 0.327. The summed E-state index contributed by atoms with van der Waals surface area (Å²) in [7, 11) is 0. The fourth-order valence-electron chi connectivity index (χ4n) is 9.42. The molecule has 0 bridgehead atoms. The van der Waals surface area contributed by atoms with E-state index in [1.54, 1.807) is 0 Å². The Morgan fingerprint density at radius 3 is 1.59 bits per heavy atom. The number of aliphatic imine (C=N–C) groups is 1. The van der Waals surface area contributed by atoms with Crippen molar-refractivity contribution < 1.29 is 0 Å². The predicted molar refractivity (Wildman–Crippen MR) is 247 cm³/mol. The van der Waals surface area contributed by atoms with Gasteiger partial charge in [-0.3, -0.25) is 4.99 Å². The average molecular weight is 740 g/mol. The predicted octanol–water partition coefficient (Wildman–Crippen LogP) is 15.2. The number of hydrogen-bond donors (Lipinski definition) is 0. The third-order valence-corrected chi connectivity index (χ3v) is 12.3. The highest BCUT2D eigenvalue weighted by Gasteiger charge is 2.23. The van der Waals surface area contributed by atoms with E-state index in [0.29, 0.717) is 5.92 Å². The molecule has 0 saturated carbocycles. The van der Waals surface area contributed by atoms with E-state index in [1.165, 1.54) is 98.9 Å². The molecule has 0 radical (unpaired) electrons. The van der Waals surface area contributed by atoms with Gasteiger partial charge in [0, 0.05) is 5.92 Å². The Kier molecular flexibility index (Phi) is 8.51. The Morgan fingerprint density at radius 1 is 0.379 bits per heavy atom. The number of hydrogen-bond acceptors (Lipinski definition) is 1. The molecule has 0 N–H and O–H groups in total. The summed E-state index contributed by atoms with van der Waals surface area (Å²) in [6.07, 6.45) is 3.08. The Labute approximate surface area is 339 Å². The van der Waals surface area contributed by atoms with Crippen LogP contribution in [-0.4, -0.2) is 5.71 Å². The molecule has 0 aromatic heterocycles. The molecule has 0 amide bonds. The Balaban J connectivity index is 1.08. The van der Waals surface area contributed by atoms with E-state index < -0.39 is 0 Å². The third-order valence-electron chi connectivity index (χ3n) is 12.3. The van der Waals surface area contributed by atoms with Crippen molar-refractivity contribution in [1.82, 2.24) is 0 Å². The molecule has 1 aliphatic heterocycles. The second kappa shape index (κ2) is 14.4. The second-order valence-electron chi connectivity index (χ2n) is 15.8. The maximum absolute atomic E-state index is 5.40. The van der Waals surface area contributed by atoms with E-state index >= 15 is 0 Å². The maximum atomic E-state index is 5.40. The number of rotatable bonds is 6. The standard InChI is InChI=1S/C57H41N/c1-2-12-38(13-3-1)34-49-31-26-42-16-8-11-21-54(42)58-57(49)43-27-22-41(23-28-43)46-32-33-52-53(37-46)56(48-30-25-40-15-5-7-18-45(40)36-48)51-20-10-9-19-50(51)55(52)47-29-24-39-14-4-6-17-44(39)35-47/h1-25,27-30,32-33,35-37,49H,26,31,34H2. The molecular formula is C57H41N. The zero-order valence-electron chi connectivity index (χ0n) is 32.3. The summed E-state index contributed by atoms with van der Waals surface area (Å²) in [4.78, 5) is 5.40. The van der Waals surface area contributed by atoms with Crippen molar-refractivity contribution in [3.05, 3.63) is 223 Å². The Hall–Kier alpha value is -7.09. The van der Waals surface area contributed by atoms with Crippen LogP contribution in [-0.2, 0) is 12.8 Å². The molecule has 0 saturated heterocycles. The van der Waals surface area contributed by atoms with Crippen LogP contribution < -0.4 is 0 Å². The van der Waals surface area contributed by atoms with Crippen LogP contribution in [0.25, 0.3) is 76.5 Å². The number of fused-ring (bicyclic) bond motifs is 5. The first-order valence-electron chi connectivity index (χ1n) is 20.5. The van der Waals surface area contributed by atoms with Gasteiger partial charge in [-0.15, -0.1) is 0 Å². The van der Waals surface area contributed by atoms with Gasteiger partial charge >= 0.3 is 0 Å². The van der Waals surface area contributed by atoms with Crippen LogP contribution in [0.2, 0.25) is 0 Å². The summed E-state index contributed by atoms with van der Waals surface area (Å²) in [6.45, 7) is 0. The fourth-order valence-corrected chi connectivity index (χ4v) is 9.42. The Morgan fingerprint density at radius 2 is 0.897 bits per heavy atom. The minimum atomic E-state index is 0.327. The third kappa shape index (κ3) is 6.17. The van der Waals surface area contributed by atoms with Gasteiger partial charge in [0.15, 0.2) is 0 Å². The van der Waals surface area contributed by atoms with Gasteiger partial charge in [-0.25, -0.2) is 0 Å². The zero-order valence-corrected chi connectivity index (χ0v) is 32.3. The molecule has 1 unspecified atom stereocenters. The van der Waals surface area contributed by atoms with Crippen LogP contribution in [0.5, 0.6) is 0 Å². The lowest BCUT2D eigenvalue weighted by Gasteiger charge is -2.20.